The fourth-order valence-corrected chi connectivity index (χ4v) is 2.92. The van der Waals surface area contributed by atoms with Crippen molar-refractivity contribution < 1.29 is 24.2 Å². The first-order valence-electron chi connectivity index (χ1n) is 8.38. The number of carbonyl (C=O) groups is 2. The molecule has 1 N–H and O–H groups in total. The second-order valence-electron chi connectivity index (χ2n) is 6.12. The number of carbonyl (C=O) groups excluding carboxylic acids is 1. The minimum atomic E-state index is -1.02. The number of ether oxygens (including phenoxy) is 2. The van der Waals surface area contributed by atoms with Crippen LogP contribution >= 0.6 is 0 Å². The number of fused-ring (bicyclic) bond motifs is 1. The van der Waals surface area contributed by atoms with Crippen molar-refractivity contribution in [2.24, 2.45) is 5.10 Å². The summed E-state index contributed by atoms with van der Waals surface area (Å²) in [6.45, 7) is 2.77. The Morgan fingerprint density at radius 3 is 2.52 bits per heavy atom. The Labute approximate surface area is 155 Å². The third-order valence-corrected chi connectivity index (χ3v) is 4.30. The zero-order valence-electron chi connectivity index (χ0n) is 14.5. The van der Waals surface area contributed by atoms with Gasteiger partial charge in [0.15, 0.2) is 11.5 Å². The number of rotatable bonds is 3. The van der Waals surface area contributed by atoms with Crippen LogP contribution in [0.3, 0.4) is 0 Å². The van der Waals surface area contributed by atoms with Crippen molar-refractivity contribution in [3.63, 3.8) is 0 Å². The van der Waals surface area contributed by atoms with Gasteiger partial charge in [-0.2, -0.15) is 10.1 Å². The molecule has 2 heterocycles. The highest BCUT2D eigenvalue weighted by Crippen LogP contribution is 2.32. The summed E-state index contributed by atoms with van der Waals surface area (Å²) in [7, 11) is 0. The molecule has 4 rings (SSSR count). The monoisotopic (exact) mass is 364 g/mol. The molecule has 1 amide bonds. The summed E-state index contributed by atoms with van der Waals surface area (Å²) in [5.74, 6) is 0.0436. The van der Waals surface area contributed by atoms with E-state index in [1.54, 1.807) is 25.1 Å². The van der Waals surface area contributed by atoms with Crippen LogP contribution in [0.15, 0.2) is 53.1 Å². The smallest absolute Gasteiger partial charge is 0.335 e. The van der Waals surface area contributed by atoms with Gasteiger partial charge in [-0.3, -0.25) is 4.79 Å². The summed E-state index contributed by atoms with van der Waals surface area (Å²) in [4.78, 5) is 23.8. The number of carboxylic acids is 1. The van der Waals surface area contributed by atoms with Crippen LogP contribution in [-0.2, 0) is 4.79 Å². The molecule has 2 aliphatic heterocycles. The van der Waals surface area contributed by atoms with Crippen LogP contribution in [0.2, 0.25) is 0 Å². The molecule has 2 aromatic rings. The van der Waals surface area contributed by atoms with Gasteiger partial charge >= 0.3 is 5.97 Å². The van der Waals surface area contributed by atoms with E-state index < -0.39 is 5.97 Å². The molecule has 0 spiro atoms. The van der Waals surface area contributed by atoms with Gasteiger partial charge in [-0.15, -0.1) is 0 Å². The van der Waals surface area contributed by atoms with Crippen LogP contribution in [0, 0.1) is 0 Å². The summed E-state index contributed by atoms with van der Waals surface area (Å²) in [5, 5.41) is 14.6. The quantitative estimate of drug-likeness (QED) is 0.846. The maximum atomic E-state index is 12.8. The highest BCUT2D eigenvalue weighted by molar-refractivity contribution is 6.32. The number of hydrazone groups is 1. The van der Waals surface area contributed by atoms with Crippen LogP contribution in [0.25, 0.3) is 6.08 Å². The van der Waals surface area contributed by atoms with Crippen molar-refractivity contribution >= 4 is 29.4 Å². The fourth-order valence-electron chi connectivity index (χ4n) is 2.92. The summed E-state index contributed by atoms with van der Waals surface area (Å²) >= 11 is 0. The first-order chi connectivity index (χ1) is 13.0. The third kappa shape index (κ3) is 3.15. The van der Waals surface area contributed by atoms with Gasteiger partial charge in [0.1, 0.15) is 13.2 Å². The standard InChI is InChI=1S/C20H16N2O5/c1-12-16(10-13-2-7-17-18(11-13)27-9-8-26-17)19(23)22(21-12)15-5-3-14(4-6-15)20(24)25/h2-7,10-11H,8-9H2,1H3,(H,24,25)/b16-10-. The number of aromatic carboxylic acids is 1. The van der Waals surface area contributed by atoms with Crippen molar-refractivity contribution in [3.05, 3.63) is 59.2 Å². The number of benzene rings is 2. The van der Waals surface area contributed by atoms with Gasteiger partial charge in [0.2, 0.25) is 0 Å². The largest absolute Gasteiger partial charge is 0.486 e. The lowest BCUT2D eigenvalue weighted by Crippen LogP contribution is -2.21. The van der Waals surface area contributed by atoms with Gasteiger partial charge in [-0.1, -0.05) is 6.07 Å². The topological polar surface area (TPSA) is 88.4 Å². The first-order valence-corrected chi connectivity index (χ1v) is 8.38. The molecule has 0 bridgehead atoms. The van der Waals surface area contributed by atoms with Crippen molar-refractivity contribution in [2.45, 2.75) is 6.92 Å². The number of carboxylic acid groups (broad SMARTS) is 1. The van der Waals surface area contributed by atoms with Gasteiger partial charge in [0, 0.05) is 0 Å². The lowest BCUT2D eigenvalue weighted by Gasteiger charge is -2.18. The van der Waals surface area contributed by atoms with E-state index in [0.717, 1.165) is 5.56 Å². The normalized spacial score (nSPS) is 17.2. The van der Waals surface area contributed by atoms with Crippen molar-refractivity contribution in [1.29, 1.82) is 0 Å². The number of hydrogen-bond donors (Lipinski definition) is 1. The molecule has 0 atom stereocenters. The number of nitrogens with zero attached hydrogens (tertiary/aromatic N) is 2. The van der Waals surface area contributed by atoms with Crippen LogP contribution in [0.4, 0.5) is 5.69 Å². The zero-order chi connectivity index (χ0) is 19.0. The highest BCUT2D eigenvalue weighted by Gasteiger charge is 2.29. The molecule has 0 saturated heterocycles. The minimum Gasteiger partial charge on any atom is -0.486 e. The average molecular weight is 364 g/mol. The second-order valence-corrected chi connectivity index (χ2v) is 6.12. The van der Waals surface area contributed by atoms with Gasteiger partial charge in [-0.05, 0) is 55.0 Å². The SMILES string of the molecule is CC1=NN(c2ccc(C(=O)O)cc2)C(=O)/C1=C\c1ccc2c(c1)OCCO2. The van der Waals surface area contributed by atoms with E-state index in [1.807, 2.05) is 18.2 Å². The van der Waals surface area contributed by atoms with E-state index in [4.69, 9.17) is 14.6 Å². The van der Waals surface area contributed by atoms with Crippen LogP contribution in [-0.4, -0.2) is 35.9 Å². The third-order valence-electron chi connectivity index (χ3n) is 4.30. The van der Waals surface area contributed by atoms with E-state index in [-0.39, 0.29) is 11.5 Å². The molecule has 0 aromatic heterocycles. The van der Waals surface area contributed by atoms with Crippen LogP contribution < -0.4 is 14.5 Å². The Hall–Kier alpha value is -3.61. The molecule has 0 saturated carbocycles. The summed E-state index contributed by atoms with van der Waals surface area (Å²) in [5.41, 5.74) is 2.51. The molecule has 27 heavy (non-hydrogen) atoms. The maximum Gasteiger partial charge on any atom is 0.335 e. The minimum absolute atomic E-state index is 0.151. The highest BCUT2D eigenvalue weighted by atomic mass is 16.6. The number of amides is 1. The summed E-state index contributed by atoms with van der Waals surface area (Å²) in [6.07, 6.45) is 1.75. The van der Waals surface area contributed by atoms with E-state index in [2.05, 4.69) is 5.10 Å². The molecule has 7 heteroatoms. The van der Waals surface area contributed by atoms with Crippen LogP contribution in [0.5, 0.6) is 11.5 Å². The molecule has 2 aliphatic rings. The van der Waals surface area contributed by atoms with E-state index in [9.17, 15) is 9.59 Å². The molecule has 0 unspecified atom stereocenters. The van der Waals surface area contributed by atoms with Gasteiger partial charge < -0.3 is 14.6 Å². The van der Waals surface area contributed by atoms with Gasteiger partial charge in [0.05, 0.1) is 22.5 Å². The summed E-state index contributed by atoms with van der Waals surface area (Å²) in [6, 6.07) is 11.5. The average Bonchev–Trinajstić information content (AvgIpc) is 2.96. The molecule has 136 valence electrons. The zero-order valence-corrected chi connectivity index (χ0v) is 14.5. The van der Waals surface area contributed by atoms with E-state index >= 15 is 0 Å². The lowest BCUT2D eigenvalue weighted by molar-refractivity contribution is -0.114. The fraction of sp³-hybridized carbons (Fsp3) is 0.150. The molecule has 2 aromatic carbocycles. The Morgan fingerprint density at radius 2 is 1.81 bits per heavy atom. The molecule has 0 radical (unpaired) electrons. The molecule has 0 aliphatic carbocycles. The predicted molar refractivity (Wildman–Crippen MR) is 99.4 cm³/mol. The second kappa shape index (κ2) is 6.60. The van der Waals surface area contributed by atoms with Gasteiger partial charge in [-0.25, -0.2) is 4.79 Å². The Kier molecular flexibility index (Phi) is 4.12. The Balaban J connectivity index is 1.62. The van der Waals surface area contributed by atoms with Crippen molar-refractivity contribution in [3.8, 4) is 11.5 Å². The Morgan fingerprint density at radius 1 is 1.11 bits per heavy atom. The van der Waals surface area contributed by atoms with Gasteiger partial charge in [0.25, 0.3) is 5.91 Å². The number of hydrogen-bond acceptors (Lipinski definition) is 5. The van der Waals surface area contributed by atoms with Crippen molar-refractivity contribution in [1.82, 2.24) is 0 Å². The summed E-state index contributed by atoms with van der Waals surface area (Å²) < 4.78 is 11.1. The van der Waals surface area contributed by atoms with E-state index in [1.165, 1.54) is 17.1 Å². The number of anilines is 1. The molecule has 0 fully saturated rings. The molecular weight excluding hydrogens is 348 g/mol. The predicted octanol–water partition coefficient (Wildman–Crippen LogP) is 2.96. The molecular formula is C20H16N2O5. The maximum absolute atomic E-state index is 12.8. The van der Waals surface area contributed by atoms with Crippen LogP contribution in [0.1, 0.15) is 22.8 Å². The molecule has 7 nitrogen and oxygen atoms in total. The van der Waals surface area contributed by atoms with E-state index in [0.29, 0.717) is 41.7 Å². The first kappa shape index (κ1) is 16.8. The van der Waals surface area contributed by atoms with Crippen molar-refractivity contribution in [2.75, 3.05) is 18.2 Å². The Bertz CT molecular complexity index is 992. The lowest BCUT2D eigenvalue weighted by atomic mass is 10.1.